The minimum Gasteiger partial charge on any atom is -0.496 e. The second kappa shape index (κ2) is 8.60. The monoisotopic (exact) mass is 413 g/mol. The largest absolute Gasteiger partial charge is 0.496 e. The number of rotatable bonds is 7. The summed E-state index contributed by atoms with van der Waals surface area (Å²) < 4.78 is 5.30. The summed E-state index contributed by atoms with van der Waals surface area (Å²) in [5.74, 6) is 0.618. The number of hydrogen-bond acceptors (Lipinski definition) is 7. The lowest BCUT2D eigenvalue weighted by Crippen LogP contribution is -2.38. The van der Waals surface area contributed by atoms with Crippen LogP contribution in [0.4, 0.5) is 17.5 Å². The van der Waals surface area contributed by atoms with Gasteiger partial charge in [0.05, 0.1) is 35.2 Å². The molecule has 8 nitrogen and oxygen atoms in total. The van der Waals surface area contributed by atoms with Crippen LogP contribution >= 0.6 is 23.2 Å². The highest BCUT2D eigenvalue weighted by atomic mass is 35.5. The maximum Gasteiger partial charge on any atom is 0.255 e. The number of aromatic nitrogens is 2. The molecule has 0 saturated carbocycles. The van der Waals surface area contributed by atoms with Gasteiger partial charge in [-0.3, -0.25) is 4.79 Å². The summed E-state index contributed by atoms with van der Waals surface area (Å²) >= 11 is 12.3. The number of ether oxygens (including phenoxy) is 1. The molecule has 0 aliphatic rings. The van der Waals surface area contributed by atoms with Gasteiger partial charge < -0.3 is 25.8 Å². The SMILES string of the molecule is CNc1nc(Nc2cc(OC)c(C(=O)NCC(C)(C)O)cc2Cl)ncc1Cl. The second-order valence-corrected chi connectivity index (χ2v) is 7.11. The summed E-state index contributed by atoms with van der Waals surface area (Å²) in [7, 11) is 3.13. The molecule has 4 N–H and O–H groups in total. The lowest BCUT2D eigenvalue weighted by atomic mass is 10.1. The minimum absolute atomic E-state index is 0.0814. The molecule has 10 heteroatoms. The fraction of sp³-hybridized carbons (Fsp3) is 0.353. The summed E-state index contributed by atoms with van der Waals surface area (Å²) in [5.41, 5.74) is -0.340. The molecule has 0 fully saturated rings. The van der Waals surface area contributed by atoms with Gasteiger partial charge in [0.1, 0.15) is 16.6 Å². The van der Waals surface area contributed by atoms with Crippen LogP contribution in [0.3, 0.4) is 0 Å². The summed E-state index contributed by atoms with van der Waals surface area (Å²) in [5, 5.41) is 18.9. The molecule has 146 valence electrons. The van der Waals surface area contributed by atoms with E-state index in [1.54, 1.807) is 27.0 Å². The Balaban J connectivity index is 2.28. The second-order valence-electron chi connectivity index (χ2n) is 6.29. The van der Waals surface area contributed by atoms with Crippen molar-refractivity contribution in [3.63, 3.8) is 0 Å². The third-order valence-corrected chi connectivity index (χ3v) is 4.03. The molecular formula is C17H21Cl2N5O3. The van der Waals surface area contributed by atoms with Crippen molar-refractivity contribution in [3.8, 4) is 5.75 Å². The van der Waals surface area contributed by atoms with Crippen molar-refractivity contribution in [1.29, 1.82) is 0 Å². The van der Waals surface area contributed by atoms with E-state index in [0.29, 0.717) is 22.3 Å². The first kappa shape index (κ1) is 21.0. The summed E-state index contributed by atoms with van der Waals surface area (Å²) in [6.45, 7) is 3.27. The third-order valence-electron chi connectivity index (χ3n) is 3.44. The molecule has 0 atom stereocenters. The van der Waals surface area contributed by atoms with Gasteiger partial charge in [-0.05, 0) is 19.9 Å². The van der Waals surface area contributed by atoms with Crippen LogP contribution < -0.4 is 20.7 Å². The van der Waals surface area contributed by atoms with Crippen LogP contribution in [-0.2, 0) is 0 Å². The molecular weight excluding hydrogens is 393 g/mol. The zero-order valence-electron chi connectivity index (χ0n) is 15.4. The van der Waals surface area contributed by atoms with Crippen LogP contribution in [0.2, 0.25) is 10.0 Å². The lowest BCUT2D eigenvalue weighted by Gasteiger charge is -2.19. The molecule has 0 radical (unpaired) electrons. The van der Waals surface area contributed by atoms with E-state index in [9.17, 15) is 9.90 Å². The highest BCUT2D eigenvalue weighted by Gasteiger charge is 2.19. The fourth-order valence-corrected chi connectivity index (χ4v) is 2.51. The molecule has 1 aromatic heterocycles. The number of carbonyl (C=O) groups excluding carboxylic acids is 1. The highest BCUT2D eigenvalue weighted by Crippen LogP contribution is 2.33. The van der Waals surface area contributed by atoms with Crippen molar-refractivity contribution in [3.05, 3.63) is 33.9 Å². The zero-order valence-corrected chi connectivity index (χ0v) is 16.9. The molecule has 0 saturated heterocycles. The quantitative estimate of drug-likeness (QED) is 0.552. The minimum atomic E-state index is -1.04. The van der Waals surface area contributed by atoms with Gasteiger partial charge >= 0.3 is 0 Å². The van der Waals surface area contributed by atoms with Crippen LogP contribution in [0, 0.1) is 0 Å². The van der Waals surface area contributed by atoms with E-state index < -0.39 is 11.5 Å². The van der Waals surface area contributed by atoms with E-state index >= 15 is 0 Å². The van der Waals surface area contributed by atoms with Crippen molar-refractivity contribution in [1.82, 2.24) is 15.3 Å². The van der Waals surface area contributed by atoms with Gasteiger partial charge in [-0.2, -0.15) is 4.98 Å². The van der Waals surface area contributed by atoms with Gasteiger partial charge in [-0.1, -0.05) is 23.2 Å². The average Bonchev–Trinajstić information content (AvgIpc) is 2.61. The number of hydrogen-bond donors (Lipinski definition) is 4. The van der Waals surface area contributed by atoms with Crippen molar-refractivity contribution in [2.45, 2.75) is 19.4 Å². The maximum atomic E-state index is 12.4. The van der Waals surface area contributed by atoms with E-state index in [4.69, 9.17) is 27.9 Å². The Morgan fingerprint density at radius 2 is 2.00 bits per heavy atom. The molecule has 1 amide bonds. The normalized spacial score (nSPS) is 11.1. The molecule has 0 aliphatic heterocycles. The number of amides is 1. The van der Waals surface area contributed by atoms with E-state index in [1.807, 2.05) is 0 Å². The van der Waals surface area contributed by atoms with Gasteiger partial charge in [0, 0.05) is 19.7 Å². The standard InChI is InChI=1S/C17H21Cl2N5O3/c1-17(2,26)8-22-15(25)9-5-10(18)12(6-13(9)27-4)23-16-21-7-11(19)14(20-3)24-16/h5-7,26H,8H2,1-4H3,(H,22,25)(H2,20,21,23,24). The summed E-state index contributed by atoms with van der Waals surface area (Å²) in [6, 6.07) is 3.04. The van der Waals surface area contributed by atoms with Crippen molar-refractivity contribution in [2.75, 3.05) is 31.3 Å². The van der Waals surface area contributed by atoms with E-state index in [0.717, 1.165) is 0 Å². The Bertz CT molecular complexity index is 840. The Morgan fingerprint density at radius 1 is 1.30 bits per heavy atom. The molecule has 0 spiro atoms. The van der Waals surface area contributed by atoms with Crippen LogP contribution in [-0.4, -0.2) is 47.3 Å². The van der Waals surface area contributed by atoms with Crippen LogP contribution in [0.15, 0.2) is 18.3 Å². The first-order valence-electron chi connectivity index (χ1n) is 8.00. The predicted octanol–water partition coefficient (Wildman–Crippen LogP) is 3.08. The number of nitrogens with zero attached hydrogens (tertiary/aromatic N) is 2. The molecule has 0 aliphatic carbocycles. The smallest absolute Gasteiger partial charge is 0.255 e. The van der Waals surface area contributed by atoms with E-state index in [1.165, 1.54) is 19.4 Å². The van der Waals surface area contributed by atoms with Crippen molar-refractivity contribution in [2.24, 2.45) is 0 Å². The molecule has 2 aromatic rings. The molecule has 1 aromatic carbocycles. The number of benzene rings is 1. The zero-order chi connectivity index (χ0) is 20.2. The van der Waals surface area contributed by atoms with Gasteiger partial charge in [0.25, 0.3) is 5.91 Å². The van der Waals surface area contributed by atoms with Crippen LogP contribution in [0.1, 0.15) is 24.2 Å². The molecule has 0 bridgehead atoms. The Morgan fingerprint density at radius 3 is 2.59 bits per heavy atom. The van der Waals surface area contributed by atoms with Crippen LogP contribution in [0.25, 0.3) is 0 Å². The van der Waals surface area contributed by atoms with Crippen molar-refractivity contribution < 1.29 is 14.6 Å². The number of methoxy groups -OCH3 is 1. The number of halogens is 2. The summed E-state index contributed by atoms with van der Waals surface area (Å²) in [4.78, 5) is 20.7. The molecule has 27 heavy (non-hydrogen) atoms. The number of aliphatic hydroxyl groups is 1. The van der Waals surface area contributed by atoms with Crippen LogP contribution in [0.5, 0.6) is 5.75 Å². The molecule has 1 heterocycles. The first-order chi connectivity index (χ1) is 12.6. The predicted molar refractivity (Wildman–Crippen MR) is 107 cm³/mol. The van der Waals surface area contributed by atoms with Gasteiger partial charge in [-0.15, -0.1) is 0 Å². The number of anilines is 3. The molecule has 2 rings (SSSR count). The molecule has 0 unspecified atom stereocenters. The van der Waals surface area contributed by atoms with Gasteiger partial charge in [0.2, 0.25) is 5.95 Å². The topological polar surface area (TPSA) is 108 Å². The Hall–Kier alpha value is -2.29. The average molecular weight is 414 g/mol. The Kier molecular flexibility index (Phi) is 6.69. The van der Waals surface area contributed by atoms with E-state index in [2.05, 4.69) is 25.9 Å². The highest BCUT2D eigenvalue weighted by molar-refractivity contribution is 6.34. The van der Waals surface area contributed by atoms with Gasteiger partial charge in [-0.25, -0.2) is 4.98 Å². The Labute approximate surface area is 167 Å². The number of nitrogens with one attached hydrogen (secondary N) is 3. The fourth-order valence-electron chi connectivity index (χ4n) is 2.11. The van der Waals surface area contributed by atoms with Gasteiger partial charge in [0.15, 0.2) is 0 Å². The summed E-state index contributed by atoms with van der Waals surface area (Å²) in [6.07, 6.45) is 1.45. The maximum absolute atomic E-state index is 12.4. The van der Waals surface area contributed by atoms with E-state index in [-0.39, 0.29) is 23.1 Å². The number of carbonyl (C=O) groups is 1. The van der Waals surface area contributed by atoms with Crippen molar-refractivity contribution >= 4 is 46.6 Å². The lowest BCUT2D eigenvalue weighted by molar-refractivity contribution is 0.0693. The third kappa shape index (κ3) is 5.59. The first-order valence-corrected chi connectivity index (χ1v) is 8.75.